The van der Waals surface area contributed by atoms with Gasteiger partial charge in [-0.2, -0.15) is 0 Å². The van der Waals surface area contributed by atoms with E-state index in [-0.39, 0.29) is 0 Å². The van der Waals surface area contributed by atoms with Crippen molar-refractivity contribution in [1.82, 2.24) is 9.97 Å². The van der Waals surface area contributed by atoms with Gasteiger partial charge in [-0.05, 0) is 37.4 Å². The Morgan fingerprint density at radius 3 is 2.39 bits per heavy atom. The Morgan fingerprint density at radius 1 is 1.11 bits per heavy atom. The van der Waals surface area contributed by atoms with Crippen molar-refractivity contribution in [3.05, 3.63) is 36.2 Å². The summed E-state index contributed by atoms with van der Waals surface area (Å²) in [6, 6.07) is 8.16. The van der Waals surface area contributed by atoms with Crippen molar-refractivity contribution in [3.8, 4) is 0 Å². The van der Waals surface area contributed by atoms with Gasteiger partial charge in [-0.3, -0.25) is 0 Å². The first-order valence-electron chi connectivity index (χ1n) is 5.44. The number of nitrogens with two attached hydrogens (primary N) is 1. The number of benzene rings is 1. The molecule has 18 heavy (non-hydrogen) atoms. The molecule has 94 valence electrons. The molecule has 1 aromatic heterocycles. The van der Waals surface area contributed by atoms with Gasteiger partial charge < -0.3 is 10.7 Å². The fourth-order valence-corrected chi connectivity index (χ4v) is 1.94. The Bertz CT molecular complexity index is 526. The molecule has 0 spiro atoms. The van der Waals surface area contributed by atoms with Gasteiger partial charge in [-0.25, -0.2) is 15.8 Å². The van der Waals surface area contributed by atoms with Gasteiger partial charge in [-0.15, -0.1) is 11.8 Å². The lowest BCUT2D eigenvalue weighted by Crippen LogP contribution is -2.11. The van der Waals surface area contributed by atoms with E-state index in [4.69, 9.17) is 5.84 Å². The van der Waals surface area contributed by atoms with Crippen molar-refractivity contribution >= 4 is 29.1 Å². The summed E-state index contributed by atoms with van der Waals surface area (Å²) in [6.45, 7) is 1.91. The minimum atomic E-state index is 0.619. The number of rotatable bonds is 4. The lowest BCUT2D eigenvalue weighted by atomic mass is 10.3. The third-order valence-corrected chi connectivity index (χ3v) is 3.32. The van der Waals surface area contributed by atoms with E-state index in [1.165, 1.54) is 11.2 Å². The number of aromatic nitrogens is 2. The number of thioether (sulfide) groups is 1. The van der Waals surface area contributed by atoms with Crippen molar-refractivity contribution in [1.29, 1.82) is 0 Å². The normalized spacial score (nSPS) is 10.2. The average Bonchev–Trinajstić information content (AvgIpc) is 2.42. The minimum Gasteiger partial charge on any atom is -0.340 e. The third-order valence-electron chi connectivity index (χ3n) is 2.57. The zero-order valence-corrected chi connectivity index (χ0v) is 11.1. The van der Waals surface area contributed by atoms with Gasteiger partial charge in [0.25, 0.3) is 0 Å². The predicted octanol–water partition coefficient (Wildman–Crippen LogP) is 2.54. The summed E-state index contributed by atoms with van der Waals surface area (Å²) < 4.78 is 0. The largest absolute Gasteiger partial charge is 0.340 e. The topological polar surface area (TPSA) is 75.9 Å². The van der Waals surface area contributed by atoms with Crippen LogP contribution in [0, 0.1) is 6.92 Å². The molecule has 0 saturated heterocycles. The first-order valence-corrected chi connectivity index (χ1v) is 6.66. The highest BCUT2D eigenvalue weighted by Crippen LogP contribution is 2.23. The molecular weight excluding hydrogens is 246 g/mol. The van der Waals surface area contributed by atoms with Crippen LogP contribution in [-0.4, -0.2) is 16.2 Å². The van der Waals surface area contributed by atoms with E-state index in [2.05, 4.69) is 39.1 Å². The van der Waals surface area contributed by atoms with Crippen molar-refractivity contribution in [2.24, 2.45) is 5.84 Å². The lowest BCUT2D eigenvalue weighted by Gasteiger charge is -2.11. The summed E-state index contributed by atoms with van der Waals surface area (Å²) in [5.41, 5.74) is 4.41. The maximum atomic E-state index is 5.38. The average molecular weight is 261 g/mol. The molecule has 5 nitrogen and oxygen atoms in total. The molecule has 0 aliphatic carbocycles. The van der Waals surface area contributed by atoms with Gasteiger partial charge in [0.1, 0.15) is 18.0 Å². The van der Waals surface area contributed by atoms with E-state index >= 15 is 0 Å². The van der Waals surface area contributed by atoms with Gasteiger partial charge in [0, 0.05) is 16.1 Å². The first-order chi connectivity index (χ1) is 8.74. The van der Waals surface area contributed by atoms with Crippen LogP contribution in [0.3, 0.4) is 0 Å². The Balaban J connectivity index is 2.22. The fraction of sp³-hybridized carbons (Fsp3) is 0.167. The second kappa shape index (κ2) is 5.70. The quantitative estimate of drug-likeness (QED) is 0.446. The van der Waals surface area contributed by atoms with Crippen LogP contribution in [0.1, 0.15) is 5.56 Å². The van der Waals surface area contributed by atoms with Crippen LogP contribution in [0.4, 0.5) is 17.3 Å². The van der Waals surface area contributed by atoms with Gasteiger partial charge >= 0.3 is 0 Å². The number of hydrogen-bond acceptors (Lipinski definition) is 6. The Hall–Kier alpha value is -1.79. The highest BCUT2D eigenvalue weighted by Gasteiger charge is 2.05. The molecule has 4 N–H and O–H groups in total. The van der Waals surface area contributed by atoms with Crippen LogP contribution in [0.15, 0.2) is 35.5 Å². The Morgan fingerprint density at radius 2 is 1.78 bits per heavy atom. The van der Waals surface area contributed by atoms with Crippen molar-refractivity contribution < 1.29 is 0 Å². The minimum absolute atomic E-state index is 0.619. The third kappa shape index (κ3) is 2.72. The first kappa shape index (κ1) is 12.7. The van der Waals surface area contributed by atoms with Crippen molar-refractivity contribution in [3.63, 3.8) is 0 Å². The maximum absolute atomic E-state index is 5.38. The van der Waals surface area contributed by atoms with Crippen LogP contribution in [0.5, 0.6) is 0 Å². The summed E-state index contributed by atoms with van der Waals surface area (Å²) in [7, 11) is 0. The number of anilines is 3. The van der Waals surface area contributed by atoms with E-state index in [0.29, 0.717) is 5.82 Å². The van der Waals surface area contributed by atoms with Gasteiger partial charge in [0.05, 0.1) is 0 Å². The highest BCUT2D eigenvalue weighted by molar-refractivity contribution is 7.98. The highest BCUT2D eigenvalue weighted by atomic mass is 32.2. The molecular formula is C12H15N5S. The molecule has 0 aliphatic rings. The zero-order chi connectivity index (χ0) is 13.0. The molecule has 2 rings (SSSR count). The summed E-state index contributed by atoms with van der Waals surface area (Å²) in [6.07, 6.45) is 3.52. The van der Waals surface area contributed by atoms with Crippen LogP contribution in [-0.2, 0) is 0 Å². The van der Waals surface area contributed by atoms with Gasteiger partial charge in [-0.1, -0.05) is 0 Å². The molecule has 0 fully saturated rings. The summed E-state index contributed by atoms with van der Waals surface area (Å²) in [5.74, 6) is 6.74. The van der Waals surface area contributed by atoms with Gasteiger partial charge in [0.15, 0.2) is 0 Å². The number of nitrogen functional groups attached to an aromatic ring is 1. The molecule has 0 aliphatic heterocycles. The van der Waals surface area contributed by atoms with Crippen LogP contribution >= 0.6 is 11.8 Å². The molecule has 0 amide bonds. The summed E-state index contributed by atoms with van der Waals surface area (Å²) >= 11 is 1.71. The lowest BCUT2D eigenvalue weighted by molar-refractivity contribution is 1.10. The molecule has 1 heterocycles. The smallest absolute Gasteiger partial charge is 0.148 e. The molecule has 6 heteroatoms. The fourth-order valence-electron chi connectivity index (χ4n) is 1.53. The van der Waals surface area contributed by atoms with E-state index in [0.717, 1.165) is 17.1 Å². The number of hydrazine groups is 1. The molecule has 2 aromatic rings. The zero-order valence-electron chi connectivity index (χ0n) is 10.3. The number of nitrogens with zero attached hydrogens (tertiary/aromatic N) is 2. The van der Waals surface area contributed by atoms with Crippen molar-refractivity contribution in [2.45, 2.75) is 11.8 Å². The Kier molecular flexibility index (Phi) is 4.01. The van der Waals surface area contributed by atoms with Crippen LogP contribution in [0.25, 0.3) is 0 Å². The van der Waals surface area contributed by atoms with Gasteiger partial charge in [0.2, 0.25) is 0 Å². The monoisotopic (exact) mass is 261 g/mol. The van der Waals surface area contributed by atoms with Crippen LogP contribution in [0.2, 0.25) is 0 Å². The molecule has 0 unspecified atom stereocenters. The number of nitrogens with one attached hydrogen (secondary N) is 2. The van der Waals surface area contributed by atoms with E-state index < -0.39 is 0 Å². The Labute approximate surface area is 110 Å². The standard InChI is InChI=1S/C12H15N5S/c1-8-11(14-7-15-12(8)17-13)16-9-3-5-10(18-2)6-4-9/h3-7H,13H2,1-2H3,(H2,14,15,16,17). The number of hydrogen-bond donors (Lipinski definition) is 3. The van der Waals surface area contributed by atoms with E-state index in [9.17, 15) is 0 Å². The second-order valence-corrected chi connectivity index (χ2v) is 4.57. The molecule has 0 atom stereocenters. The summed E-state index contributed by atoms with van der Waals surface area (Å²) in [5, 5.41) is 3.24. The van der Waals surface area contributed by atoms with E-state index in [1.54, 1.807) is 11.8 Å². The SMILES string of the molecule is CSc1ccc(Nc2ncnc(NN)c2C)cc1. The predicted molar refractivity (Wildman–Crippen MR) is 76.1 cm³/mol. The molecule has 1 aromatic carbocycles. The second-order valence-electron chi connectivity index (χ2n) is 3.69. The summed E-state index contributed by atoms with van der Waals surface area (Å²) in [4.78, 5) is 9.46. The molecule has 0 saturated carbocycles. The van der Waals surface area contributed by atoms with E-state index in [1.807, 2.05) is 19.1 Å². The van der Waals surface area contributed by atoms with Crippen molar-refractivity contribution in [2.75, 3.05) is 17.0 Å². The molecule has 0 bridgehead atoms. The maximum Gasteiger partial charge on any atom is 0.148 e. The molecule has 0 radical (unpaired) electrons. The van der Waals surface area contributed by atoms with Crippen LogP contribution < -0.4 is 16.6 Å².